The van der Waals surface area contributed by atoms with Crippen LogP contribution < -0.4 is 5.32 Å². The van der Waals surface area contributed by atoms with Gasteiger partial charge in [-0.25, -0.2) is 0 Å². The molecule has 1 aliphatic heterocycles. The SMILES string of the molecule is Clc1ccc(NCCN2CCSCC2)nn1. The number of halogens is 1. The third kappa shape index (κ3) is 3.81. The van der Waals surface area contributed by atoms with Crippen molar-refractivity contribution < 1.29 is 0 Å². The fourth-order valence-electron chi connectivity index (χ4n) is 1.58. The lowest BCUT2D eigenvalue weighted by Gasteiger charge is -2.26. The van der Waals surface area contributed by atoms with E-state index in [1.807, 2.05) is 17.8 Å². The molecule has 1 N–H and O–H groups in total. The van der Waals surface area contributed by atoms with E-state index in [4.69, 9.17) is 11.6 Å². The second kappa shape index (κ2) is 6.27. The molecule has 1 aliphatic rings. The van der Waals surface area contributed by atoms with Crippen LogP contribution in [0.25, 0.3) is 0 Å². The first-order valence-corrected chi connectivity index (χ1v) is 6.91. The Morgan fingerprint density at radius 1 is 1.31 bits per heavy atom. The summed E-state index contributed by atoms with van der Waals surface area (Å²) in [6.45, 7) is 4.35. The number of rotatable bonds is 4. The summed E-state index contributed by atoms with van der Waals surface area (Å²) in [6, 6.07) is 3.59. The average Bonchev–Trinajstić information content (AvgIpc) is 2.33. The normalized spacial score (nSPS) is 17.3. The van der Waals surface area contributed by atoms with Crippen LogP contribution in [-0.2, 0) is 0 Å². The van der Waals surface area contributed by atoms with Crippen LogP contribution in [0.15, 0.2) is 12.1 Å². The van der Waals surface area contributed by atoms with E-state index >= 15 is 0 Å². The highest BCUT2D eigenvalue weighted by Crippen LogP contribution is 2.09. The van der Waals surface area contributed by atoms with Gasteiger partial charge in [-0.2, -0.15) is 11.8 Å². The Labute approximate surface area is 105 Å². The molecular formula is C10H15ClN4S. The third-order valence-electron chi connectivity index (χ3n) is 2.47. The standard InChI is InChI=1S/C10H15ClN4S/c11-9-1-2-10(14-13-9)12-3-4-15-5-7-16-8-6-15/h1-2H,3-8H2,(H,12,14). The van der Waals surface area contributed by atoms with Crippen LogP contribution in [0, 0.1) is 0 Å². The maximum Gasteiger partial charge on any atom is 0.151 e. The number of aromatic nitrogens is 2. The van der Waals surface area contributed by atoms with Crippen LogP contribution in [0.3, 0.4) is 0 Å². The Bertz CT molecular complexity index is 313. The molecule has 2 heterocycles. The zero-order valence-corrected chi connectivity index (χ0v) is 10.6. The number of anilines is 1. The molecule has 6 heteroatoms. The van der Waals surface area contributed by atoms with Crippen molar-refractivity contribution in [3.63, 3.8) is 0 Å². The topological polar surface area (TPSA) is 41.0 Å². The molecule has 2 rings (SSSR count). The Kier molecular flexibility index (Phi) is 4.69. The summed E-state index contributed by atoms with van der Waals surface area (Å²) in [6.07, 6.45) is 0. The molecule has 1 aromatic heterocycles. The second-order valence-electron chi connectivity index (χ2n) is 3.62. The molecule has 0 amide bonds. The van der Waals surface area contributed by atoms with Gasteiger partial charge in [0.1, 0.15) is 5.82 Å². The van der Waals surface area contributed by atoms with Gasteiger partial charge in [-0.15, -0.1) is 10.2 Å². The number of nitrogens with one attached hydrogen (secondary N) is 1. The van der Waals surface area contributed by atoms with E-state index in [1.54, 1.807) is 6.07 Å². The first kappa shape index (κ1) is 12.0. The van der Waals surface area contributed by atoms with Gasteiger partial charge in [0, 0.05) is 37.7 Å². The lowest BCUT2D eigenvalue weighted by molar-refractivity contribution is 0.314. The molecule has 0 aromatic carbocycles. The molecule has 0 aliphatic carbocycles. The van der Waals surface area contributed by atoms with E-state index in [2.05, 4.69) is 20.4 Å². The molecule has 1 saturated heterocycles. The van der Waals surface area contributed by atoms with Crippen molar-refractivity contribution in [2.75, 3.05) is 43.0 Å². The average molecular weight is 259 g/mol. The molecular weight excluding hydrogens is 244 g/mol. The summed E-state index contributed by atoms with van der Waals surface area (Å²) < 4.78 is 0. The lowest BCUT2D eigenvalue weighted by atomic mass is 10.4. The predicted octanol–water partition coefficient (Wildman–Crippen LogP) is 1.59. The van der Waals surface area contributed by atoms with Crippen molar-refractivity contribution in [3.8, 4) is 0 Å². The number of hydrogen-bond donors (Lipinski definition) is 1. The molecule has 1 aromatic rings. The quantitative estimate of drug-likeness (QED) is 0.888. The summed E-state index contributed by atoms with van der Waals surface area (Å²) in [5, 5.41) is 11.4. The minimum absolute atomic E-state index is 0.429. The van der Waals surface area contributed by atoms with Gasteiger partial charge >= 0.3 is 0 Å². The summed E-state index contributed by atoms with van der Waals surface area (Å²) >= 11 is 7.69. The van der Waals surface area contributed by atoms with E-state index in [0.717, 1.165) is 18.9 Å². The van der Waals surface area contributed by atoms with Gasteiger partial charge in [-0.1, -0.05) is 11.6 Å². The van der Waals surface area contributed by atoms with Gasteiger partial charge in [0.2, 0.25) is 0 Å². The monoisotopic (exact) mass is 258 g/mol. The Morgan fingerprint density at radius 2 is 2.12 bits per heavy atom. The molecule has 0 unspecified atom stereocenters. The van der Waals surface area contributed by atoms with Gasteiger partial charge in [-0.05, 0) is 12.1 Å². The van der Waals surface area contributed by atoms with Gasteiger partial charge in [0.05, 0.1) is 0 Å². The van der Waals surface area contributed by atoms with Crippen molar-refractivity contribution in [2.24, 2.45) is 0 Å². The molecule has 1 fully saturated rings. The molecule has 16 heavy (non-hydrogen) atoms. The Morgan fingerprint density at radius 3 is 2.81 bits per heavy atom. The zero-order valence-electron chi connectivity index (χ0n) is 9.03. The van der Waals surface area contributed by atoms with Gasteiger partial charge in [0.15, 0.2) is 5.15 Å². The lowest BCUT2D eigenvalue weighted by Crippen LogP contribution is -2.36. The summed E-state index contributed by atoms with van der Waals surface area (Å²) in [5.74, 6) is 3.29. The molecule has 0 bridgehead atoms. The van der Waals surface area contributed by atoms with Gasteiger partial charge < -0.3 is 5.32 Å². The highest BCUT2D eigenvalue weighted by atomic mass is 35.5. The van der Waals surface area contributed by atoms with E-state index in [0.29, 0.717) is 5.15 Å². The van der Waals surface area contributed by atoms with Crippen LogP contribution in [-0.4, -0.2) is 52.8 Å². The number of hydrogen-bond acceptors (Lipinski definition) is 5. The largest absolute Gasteiger partial charge is 0.367 e. The van der Waals surface area contributed by atoms with E-state index in [9.17, 15) is 0 Å². The molecule has 0 atom stereocenters. The zero-order chi connectivity index (χ0) is 11.2. The third-order valence-corrected chi connectivity index (χ3v) is 3.61. The Balaban J connectivity index is 1.69. The molecule has 4 nitrogen and oxygen atoms in total. The number of nitrogens with zero attached hydrogens (tertiary/aromatic N) is 3. The van der Waals surface area contributed by atoms with Crippen LogP contribution in [0.4, 0.5) is 5.82 Å². The van der Waals surface area contributed by atoms with Crippen molar-refractivity contribution >= 4 is 29.2 Å². The molecule has 0 radical (unpaired) electrons. The van der Waals surface area contributed by atoms with Crippen LogP contribution >= 0.6 is 23.4 Å². The predicted molar refractivity (Wildman–Crippen MR) is 69.3 cm³/mol. The van der Waals surface area contributed by atoms with Crippen molar-refractivity contribution in [2.45, 2.75) is 0 Å². The number of thioether (sulfide) groups is 1. The summed E-state index contributed by atoms with van der Waals surface area (Å²) in [5.41, 5.74) is 0. The smallest absolute Gasteiger partial charge is 0.151 e. The highest BCUT2D eigenvalue weighted by Gasteiger charge is 2.09. The van der Waals surface area contributed by atoms with E-state index in [1.165, 1.54) is 24.6 Å². The first-order chi connectivity index (χ1) is 7.84. The highest BCUT2D eigenvalue weighted by molar-refractivity contribution is 7.99. The maximum atomic E-state index is 5.66. The van der Waals surface area contributed by atoms with Crippen molar-refractivity contribution in [1.82, 2.24) is 15.1 Å². The van der Waals surface area contributed by atoms with E-state index in [-0.39, 0.29) is 0 Å². The van der Waals surface area contributed by atoms with Gasteiger partial charge in [-0.3, -0.25) is 4.90 Å². The van der Waals surface area contributed by atoms with Crippen LogP contribution in [0.5, 0.6) is 0 Å². The van der Waals surface area contributed by atoms with Crippen molar-refractivity contribution in [3.05, 3.63) is 17.3 Å². The Hall–Kier alpha value is -0.520. The first-order valence-electron chi connectivity index (χ1n) is 5.38. The summed E-state index contributed by atoms with van der Waals surface area (Å²) in [7, 11) is 0. The maximum absolute atomic E-state index is 5.66. The molecule has 88 valence electrons. The second-order valence-corrected chi connectivity index (χ2v) is 5.23. The van der Waals surface area contributed by atoms with E-state index < -0.39 is 0 Å². The van der Waals surface area contributed by atoms with Crippen molar-refractivity contribution in [1.29, 1.82) is 0 Å². The minimum atomic E-state index is 0.429. The molecule has 0 saturated carbocycles. The fourth-order valence-corrected chi connectivity index (χ4v) is 2.66. The van der Waals surface area contributed by atoms with Gasteiger partial charge in [0.25, 0.3) is 0 Å². The summed E-state index contributed by atoms with van der Waals surface area (Å²) in [4.78, 5) is 2.47. The van der Waals surface area contributed by atoms with Crippen LogP contribution in [0.1, 0.15) is 0 Å². The molecule has 0 spiro atoms. The fraction of sp³-hybridized carbons (Fsp3) is 0.600. The van der Waals surface area contributed by atoms with Crippen LogP contribution in [0.2, 0.25) is 5.15 Å². The minimum Gasteiger partial charge on any atom is -0.367 e.